The number of aldehydes is 1. The molecule has 1 saturated heterocycles. The monoisotopic (exact) mass is 285 g/mol. The van der Waals surface area contributed by atoms with E-state index in [1.807, 2.05) is 18.0 Å². The van der Waals surface area contributed by atoms with Gasteiger partial charge in [0.25, 0.3) is 0 Å². The van der Waals surface area contributed by atoms with E-state index in [0.29, 0.717) is 22.5 Å². The SMILES string of the molecule is CSc1nc(=NC2CCSCC2)c(C=O)cn1O. The van der Waals surface area contributed by atoms with Gasteiger partial charge >= 0.3 is 0 Å². The number of hydrogen-bond donors (Lipinski definition) is 1. The molecule has 1 aromatic heterocycles. The van der Waals surface area contributed by atoms with E-state index in [2.05, 4.69) is 9.98 Å². The van der Waals surface area contributed by atoms with Gasteiger partial charge in [0.05, 0.1) is 17.8 Å². The molecule has 0 radical (unpaired) electrons. The van der Waals surface area contributed by atoms with Crippen molar-refractivity contribution in [3.8, 4) is 0 Å². The zero-order chi connectivity index (χ0) is 13.0. The third-order valence-corrected chi connectivity index (χ3v) is 4.41. The lowest BCUT2D eigenvalue weighted by molar-refractivity contribution is 0.110. The van der Waals surface area contributed by atoms with Gasteiger partial charge in [0.2, 0.25) is 5.16 Å². The molecule has 0 bridgehead atoms. The molecule has 2 rings (SSSR count). The Labute approximate surface area is 114 Å². The molecule has 1 fully saturated rings. The van der Waals surface area contributed by atoms with Crippen LogP contribution in [0.25, 0.3) is 0 Å². The first-order valence-electron chi connectivity index (χ1n) is 5.68. The zero-order valence-corrected chi connectivity index (χ0v) is 11.7. The third kappa shape index (κ3) is 3.08. The summed E-state index contributed by atoms with van der Waals surface area (Å²) in [6.45, 7) is 0. The lowest BCUT2D eigenvalue weighted by Gasteiger charge is -2.17. The Kier molecular flexibility index (Phi) is 4.71. The van der Waals surface area contributed by atoms with Crippen LogP contribution >= 0.6 is 23.5 Å². The molecule has 0 unspecified atom stereocenters. The summed E-state index contributed by atoms with van der Waals surface area (Å²) in [5.74, 6) is 2.21. The molecule has 0 amide bonds. The number of rotatable bonds is 3. The van der Waals surface area contributed by atoms with Crippen molar-refractivity contribution < 1.29 is 10.0 Å². The van der Waals surface area contributed by atoms with Gasteiger partial charge in [-0.15, -0.1) is 0 Å². The van der Waals surface area contributed by atoms with Gasteiger partial charge in [-0.05, 0) is 30.6 Å². The van der Waals surface area contributed by atoms with Gasteiger partial charge in [-0.25, -0.2) is 4.98 Å². The number of thioether (sulfide) groups is 2. The molecule has 1 N–H and O–H groups in total. The molecular weight excluding hydrogens is 270 g/mol. The minimum Gasteiger partial charge on any atom is -0.426 e. The molecule has 18 heavy (non-hydrogen) atoms. The number of carbonyl (C=O) groups excluding carboxylic acids is 1. The molecule has 1 aliphatic rings. The van der Waals surface area contributed by atoms with Crippen LogP contribution < -0.4 is 5.49 Å². The maximum absolute atomic E-state index is 11.0. The number of carbonyl (C=O) groups is 1. The van der Waals surface area contributed by atoms with E-state index in [4.69, 9.17) is 0 Å². The highest BCUT2D eigenvalue weighted by Crippen LogP contribution is 2.19. The number of hydrogen-bond acceptors (Lipinski definition) is 6. The number of nitrogens with zero attached hydrogens (tertiary/aromatic N) is 3. The number of aromatic nitrogens is 2. The second-order valence-corrected chi connectivity index (χ2v) is 5.94. The van der Waals surface area contributed by atoms with Crippen molar-refractivity contribution in [2.75, 3.05) is 17.8 Å². The van der Waals surface area contributed by atoms with E-state index in [0.717, 1.165) is 29.1 Å². The van der Waals surface area contributed by atoms with E-state index in [1.165, 1.54) is 18.0 Å². The van der Waals surface area contributed by atoms with E-state index < -0.39 is 0 Å². The molecule has 7 heteroatoms. The molecule has 1 aromatic rings. The van der Waals surface area contributed by atoms with Crippen LogP contribution in [0.1, 0.15) is 23.2 Å². The Balaban J connectivity index is 2.40. The first-order chi connectivity index (χ1) is 8.74. The molecule has 1 aliphatic heterocycles. The summed E-state index contributed by atoms with van der Waals surface area (Å²) >= 11 is 3.24. The van der Waals surface area contributed by atoms with E-state index in [1.54, 1.807) is 0 Å². The highest BCUT2D eigenvalue weighted by atomic mass is 32.2. The van der Waals surface area contributed by atoms with Crippen LogP contribution in [-0.2, 0) is 0 Å². The summed E-state index contributed by atoms with van der Waals surface area (Å²) in [6, 6.07) is 0.238. The molecule has 0 spiro atoms. The maximum atomic E-state index is 11.0. The molecule has 0 aromatic carbocycles. The fraction of sp³-hybridized carbons (Fsp3) is 0.545. The second-order valence-electron chi connectivity index (χ2n) is 3.94. The lowest BCUT2D eigenvalue weighted by atomic mass is 10.2. The predicted molar refractivity (Wildman–Crippen MR) is 72.5 cm³/mol. The van der Waals surface area contributed by atoms with E-state index in [9.17, 15) is 10.0 Å². The minimum atomic E-state index is 0.238. The molecular formula is C11H15N3O2S2. The van der Waals surface area contributed by atoms with E-state index in [-0.39, 0.29) is 6.04 Å². The van der Waals surface area contributed by atoms with Crippen LogP contribution in [0.15, 0.2) is 16.3 Å². The lowest BCUT2D eigenvalue weighted by Crippen LogP contribution is -2.24. The Morgan fingerprint density at radius 3 is 2.94 bits per heavy atom. The molecule has 0 aliphatic carbocycles. The van der Waals surface area contributed by atoms with Gasteiger partial charge in [-0.2, -0.15) is 16.5 Å². The summed E-state index contributed by atoms with van der Waals surface area (Å²) in [5, 5.41) is 10.0. The van der Waals surface area contributed by atoms with Crippen LogP contribution in [0, 0.1) is 0 Å². The fourth-order valence-electron chi connectivity index (χ4n) is 1.76. The van der Waals surface area contributed by atoms with Gasteiger partial charge in [0.1, 0.15) is 0 Å². The first kappa shape index (κ1) is 13.5. The van der Waals surface area contributed by atoms with Gasteiger partial charge in [0.15, 0.2) is 11.8 Å². The van der Waals surface area contributed by atoms with Gasteiger partial charge in [0, 0.05) is 0 Å². The van der Waals surface area contributed by atoms with Gasteiger partial charge < -0.3 is 5.21 Å². The third-order valence-electron chi connectivity index (χ3n) is 2.72. The standard InChI is InChI=1S/C11H15N3O2S2/c1-17-11-13-10(8(7-15)6-14(11)16)12-9-2-4-18-5-3-9/h6-7,9,16H,2-5H2,1H3. The molecule has 0 saturated carbocycles. The van der Waals surface area contributed by atoms with Crippen molar-refractivity contribution in [2.45, 2.75) is 24.0 Å². The Hall–Kier alpha value is -0.950. The van der Waals surface area contributed by atoms with Crippen molar-refractivity contribution in [1.29, 1.82) is 0 Å². The van der Waals surface area contributed by atoms with Crippen molar-refractivity contribution >= 4 is 29.8 Å². The highest BCUT2D eigenvalue weighted by Gasteiger charge is 2.13. The van der Waals surface area contributed by atoms with Crippen LogP contribution in [0.2, 0.25) is 0 Å². The molecule has 98 valence electrons. The summed E-state index contributed by atoms with van der Waals surface area (Å²) < 4.78 is 0.865. The Morgan fingerprint density at radius 1 is 1.61 bits per heavy atom. The topological polar surface area (TPSA) is 67.5 Å². The van der Waals surface area contributed by atoms with E-state index >= 15 is 0 Å². The minimum absolute atomic E-state index is 0.238. The van der Waals surface area contributed by atoms with Gasteiger partial charge in [-0.1, -0.05) is 11.8 Å². The maximum Gasteiger partial charge on any atom is 0.204 e. The average molecular weight is 285 g/mol. The first-order valence-corrected chi connectivity index (χ1v) is 8.06. The molecule has 2 heterocycles. The smallest absolute Gasteiger partial charge is 0.204 e. The zero-order valence-electron chi connectivity index (χ0n) is 10.1. The van der Waals surface area contributed by atoms with Crippen molar-refractivity contribution in [2.24, 2.45) is 4.99 Å². The van der Waals surface area contributed by atoms with Crippen LogP contribution in [0.5, 0.6) is 0 Å². The van der Waals surface area contributed by atoms with Gasteiger partial charge in [-0.3, -0.25) is 9.79 Å². The highest BCUT2D eigenvalue weighted by molar-refractivity contribution is 7.99. The summed E-state index contributed by atoms with van der Waals surface area (Å²) in [6.07, 6.45) is 5.90. The predicted octanol–water partition coefficient (Wildman–Crippen LogP) is 1.45. The van der Waals surface area contributed by atoms with Crippen LogP contribution in [-0.4, -0.2) is 45.0 Å². The normalized spacial score (nSPS) is 17.9. The summed E-state index contributed by atoms with van der Waals surface area (Å²) in [5.41, 5.74) is 0.769. The van der Waals surface area contributed by atoms with Crippen LogP contribution in [0.4, 0.5) is 0 Å². The van der Waals surface area contributed by atoms with Crippen molar-refractivity contribution in [3.05, 3.63) is 17.2 Å². The largest absolute Gasteiger partial charge is 0.426 e. The quantitative estimate of drug-likeness (QED) is 0.394. The Bertz CT molecular complexity index is 496. The van der Waals surface area contributed by atoms with Crippen molar-refractivity contribution in [1.82, 2.24) is 9.71 Å². The summed E-state index contributed by atoms with van der Waals surface area (Å²) in [7, 11) is 0. The van der Waals surface area contributed by atoms with Crippen molar-refractivity contribution in [3.63, 3.8) is 0 Å². The summed E-state index contributed by atoms with van der Waals surface area (Å²) in [4.78, 5) is 19.8. The van der Waals surface area contributed by atoms with Crippen LogP contribution in [0.3, 0.4) is 0 Å². The second kappa shape index (κ2) is 6.29. The average Bonchev–Trinajstić information content (AvgIpc) is 2.41. The molecule has 0 atom stereocenters. The Morgan fingerprint density at radius 2 is 2.33 bits per heavy atom. The molecule has 5 nitrogen and oxygen atoms in total. The fourth-order valence-corrected chi connectivity index (χ4v) is 3.26.